The summed E-state index contributed by atoms with van der Waals surface area (Å²) in [5, 5.41) is 3.15. The molecule has 1 aromatic carbocycles. The molecule has 0 radical (unpaired) electrons. The van der Waals surface area contributed by atoms with Crippen LogP contribution in [0, 0.1) is 0 Å². The molecule has 6 nitrogen and oxygen atoms in total. The van der Waals surface area contributed by atoms with Gasteiger partial charge in [0.15, 0.2) is 5.82 Å². The number of likely N-dealkylation sites (tertiary alicyclic amines) is 1. The number of aromatic nitrogens is 3. The third-order valence-electron chi connectivity index (χ3n) is 5.38. The summed E-state index contributed by atoms with van der Waals surface area (Å²) in [5.41, 5.74) is 2.31. The first-order valence-corrected chi connectivity index (χ1v) is 9.85. The largest absolute Gasteiger partial charge is 0.347 e. The molecule has 0 saturated carbocycles. The van der Waals surface area contributed by atoms with Crippen molar-refractivity contribution in [3.8, 4) is 11.5 Å². The van der Waals surface area contributed by atoms with Crippen molar-refractivity contribution < 1.29 is 4.79 Å². The Morgan fingerprint density at radius 2 is 1.86 bits per heavy atom. The first-order valence-electron chi connectivity index (χ1n) is 9.85. The highest BCUT2D eigenvalue weighted by Gasteiger charge is 2.38. The van der Waals surface area contributed by atoms with Crippen LogP contribution in [-0.2, 0) is 6.54 Å². The highest BCUT2D eigenvalue weighted by molar-refractivity contribution is 5.92. The van der Waals surface area contributed by atoms with Crippen molar-refractivity contribution in [1.82, 2.24) is 25.2 Å². The van der Waals surface area contributed by atoms with Crippen LogP contribution in [0.5, 0.6) is 0 Å². The van der Waals surface area contributed by atoms with E-state index in [1.165, 1.54) is 5.56 Å². The molecule has 1 aliphatic rings. The van der Waals surface area contributed by atoms with Gasteiger partial charge in [-0.05, 0) is 44.0 Å². The van der Waals surface area contributed by atoms with Crippen LogP contribution in [0.4, 0.5) is 0 Å². The van der Waals surface area contributed by atoms with E-state index in [4.69, 9.17) is 0 Å². The molecule has 1 fully saturated rings. The maximum absolute atomic E-state index is 12.8. The Labute approximate surface area is 171 Å². The van der Waals surface area contributed by atoms with Crippen LogP contribution < -0.4 is 5.32 Å². The molecule has 6 heteroatoms. The number of nitrogens with one attached hydrogen (secondary N) is 1. The quantitative estimate of drug-likeness (QED) is 0.727. The number of benzene rings is 1. The van der Waals surface area contributed by atoms with E-state index >= 15 is 0 Å². The van der Waals surface area contributed by atoms with Gasteiger partial charge in [0, 0.05) is 37.1 Å². The average molecular weight is 387 g/mol. The van der Waals surface area contributed by atoms with Crippen molar-refractivity contribution in [1.29, 1.82) is 0 Å². The summed E-state index contributed by atoms with van der Waals surface area (Å²) < 4.78 is 0. The van der Waals surface area contributed by atoms with Crippen molar-refractivity contribution in [2.24, 2.45) is 0 Å². The van der Waals surface area contributed by atoms with Gasteiger partial charge < -0.3 is 5.32 Å². The predicted molar refractivity (Wildman–Crippen MR) is 112 cm³/mol. The van der Waals surface area contributed by atoms with Gasteiger partial charge in [0.25, 0.3) is 5.91 Å². The van der Waals surface area contributed by atoms with Crippen LogP contribution in [0.25, 0.3) is 11.5 Å². The fourth-order valence-electron chi connectivity index (χ4n) is 3.85. The van der Waals surface area contributed by atoms with E-state index in [1.807, 2.05) is 24.3 Å². The molecule has 2 aromatic heterocycles. The molecule has 1 aliphatic heterocycles. The van der Waals surface area contributed by atoms with Crippen LogP contribution in [0.1, 0.15) is 36.3 Å². The van der Waals surface area contributed by atoms with Gasteiger partial charge in [-0.25, -0.2) is 9.97 Å². The summed E-state index contributed by atoms with van der Waals surface area (Å²) in [6.07, 6.45) is 4.18. The molecule has 0 spiro atoms. The highest BCUT2D eigenvalue weighted by atomic mass is 16.2. The second-order valence-electron chi connectivity index (χ2n) is 8.03. The van der Waals surface area contributed by atoms with E-state index in [2.05, 4.69) is 63.3 Å². The SMILES string of the molecule is CC1(C)CC(NC(=O)c2ccnc(-c3ccccn3)n2)CN1Cc1ccccc1. The summed E-state index contributed by atoms with van der Waals surface area (Å²) in [6.45, 7) is 6.14. The van der Waals surface area contributed by atoms with Crippen molar-refractivity contribution in [2.75, 3.05) is 6.54 Å². The van der Waals surface area contributed by atoms with E-state index in [9.17, 15) is 4.79 Å². The van der Waals surface area contributed by atoms with Gasteiger partial charge in [0.2, 0.25) is 0 Å². The molecule has 0 bridgehead atoms. The van der Waals surface area contributed by atoms with E-state index in [0.29, 0.717) is 17.2 Å². The van der Waals surface area contributed by atoms with Gasteiger partial charge in [-0.3, -0.25) is 14.7 Å². The lowest BCUT2D eigenvalue weighted by atomic mass is 9.99. The summed E-state index contributed by atoms with van der Waals surface area (Å²) >= 11 is 0. The first kappa shape index (κ1) is 19.2. The number of nitrogens with zero attached hydrogens (tertiary/aromatic N) is 4. The fraction of sp³-hybridized carbons (Fsp3) is 0.304. The number of hydrogen-bond donors (Lipinski definition) is 1. The summed E-state index contributed by atoms with van der Waals surface area (Å²) in [5.74, 6) is 0.280. The molecule has 1 unspecified atom stereocenters. The van der Waals surface area contributed by atoms with Crippen LogP contribution in [0.15, 0.2) is 67.0 Å². The van der Waals surface area contributed by atoms with Crippen LogP contribution in [0.2, 0.25) is 0 Å². The van der Waals surface area contributed by atoms with Crippen molar-refractivity contribution in [2.45, 2.75) is 38.4 Å². The summed E-state index contributed by atoms with van der Waals surface area (Å²) in [4.78, 5) is 28.2. The molecule has 29 heavy (non-hydrogen) atoms. The number of amides is 1. The molecule has 1 atom stereocenters. The lowest BCUT2D eigenvalue weighted by Gasteiger charge is -2.31. The van der Waals surface area contributed by atoms with E-state index < -0.39 is 0 Å². The Morgan fingerprint density at radius 3 is 2.62 bits per heavy atom. The Hall–Kier alpha value is -3.12. The van der Waals surface area contributed by atoms with Crippen molar-refractivity contribution >= 4 is 5.91 Å². The Balaban J connectivity index is 1.44. The zero-order valence-corrected chi connectivity index (χ0v) is 16.7. The Bertz CT molecular complexity index is 975. The van der Waals surface area contributed by atoms with Gasteiger partial charge in [0.05, 0.1) is 0 Å². The first-order chi connectivity index (χ1) is 14.0. The van der Waals surface area contributed by atoms with Gasteiger partial charge in [0.1, 0.15) is 11.4 Å². The Kier molecular flexibility index (Phi) is 5.36. The second-order valence-corrected chi connectivity index (χ2v) is 8.03. The second kappa shape index (κ2) is 8.09. The molecule has 0 aliphatic carbocycles. The maximum Gasteiger partial charge on any atom is 0.270 e. The minimum Gasteiger partial charge on any atom is -0.347 e. The molecule has 4 rings (SSSR count). The monoisotopic (exact) mass is 387 g/mol. The standard InChI is InChI=1S/C23H25N5O/c1-23(2)14-18(16-28(23)15-17-8-4-3-5-9-17)26-22(29)20-11-13-25-21(27-20)19-10-6-7-12-24-19/h3-13,18H,14-16H2,1-2H3,(H,26,29). The molecule has 148 valence electrons. The van der Waals surface area contributed by atoms with Gasteiger partial charge in [-0.2, -0.15) is 0 Å². The zero-order valence-electron chi connectivity index (χ0n) is 16.7. The van der Waals surface area contributed by atoms with Crippen LogP contribution >= 0.6 is 0 Å². The van der Waals surface area contributed by atoms with E-state index in [-0.39, 0.29) is 17.5 Å². The molecule has 1 amide bonds. The molecular weight excluding hydrogens is 362 g/mol. The lowest BCUT2D eigenvalue weighted by Crippen LogP contribution is -2.38. The molecule has 3 aromatic rings. The molecule has 1 N–H and O–H groups in total. The fourth-order valence-corrected chi connectivity index (χ4v) is 3.85. The average Bonchev–Trinajstić information content (AvgIpc) is 3.02. The molecule has 1 saturated heterocycles. The third kappa shape index (κ3) is 4.49. The van der Waals surface area contributed by atoms with Crippen molar-refractivity contribution in [3.05, 3.63) is 78.2 Å². The zero-order chi connectivity index (χ0) is 20.3. The lowest BCUT2D eigenvalue weighted by molar-refractivity contribution is 0.0932. The van der Waals surface area contributed by atoms with Crippen LogP contribution in [0.3, 0.4) is 0 Å². The van der Waals surface area contributed by atoms with Gasteiger partial charge in [-0.1, -0.05) is 36.4 Å². The number of hydrogen-bond acceptors (Lipinski definition) is 5. The molecule has 3 heterocycles. The Morgan fingerprint density at radius 1 is 1.07 bits per heavy atom. The van der Waals surface area contributed by atoms with Gasteiger partial charge >= 0.3 is 0 Å². The van der Waals surface area contributed by atoms with Crippen molar-refractivity contribution in [3.63, 3.8) is 0 Å². The highest BCUT2D eigenvalue weighted by Crippen LogP contribution is 2.30. The third-order valence-corrected chi connectivity index (χ3v) is 5.38. The molecular formula is C23H25N5O. The topological polar surface area (TPSA) is 71.0 Å². The summed E-state index contributed by atoms with van der Waals surface area (Å²) in [6, 6.07) is 17.7. The van der Waals surface area contributed by atoms with Crippen LogP contribution in [-0.4, -0.2) is 43.9 Å². The number of carbonyl (C=O) groups is 1. The minimum absolute atomic E-state index is 0.0125. The van der Waals surface area contributed by atoms with E-state index in [0.717, 1.165) is 19.5 Å². The summed E-state index contributed by atoms with van der Waals surface area (Å²) in [7, 11) is 0. The minimum atomic E-state index is -0.174. The maximum atomic E-state index is 12.8. The van der Waals surface area contributed by atoms with Gasteiger partial charge in [-0.15, -0.1) is 0 Å². The number of carbonyl (C=O) groups excluding carboxylic acids is 1. The predicted octanol–water partition coefficient (Wildman–Crippen LogP) is 3.32. The number of rotatable bonds is 5. The normalized spacial score (nSPS) is 18.5. The smallest absolute Gasteiger partial charge is 0.270 e. The van der Waals surface area contributed by atoms with E-state index in [1.54, 1.807) is 18.5 Å². The number of pyridine rings is 1.